The van der Waals surface area contributed by atoms with Crippen LogP contribution in [0.2, 0.25) is 0 Å². The van der Waals surface area contributed by atoms with E-state index in [1.807, 2.05) is 55.4 Å². The second-order valence-electron chi connectivity index (χ2n) is 7.69. The van der Waals surface area contributed by atoms with Gasteiger partial charge in [-0.2, -0.15) is 0 Å². The zero-order valence-electron chi connectivity index (χ0n) is 16.5. The summed E-state index contributed by atoms with van der Waals surface area (Å²) in [4.78, 5) is 0. The van der Waals surface area contributed by atoms with E-state index in [-0.39, 0.29) is 18.2 Å². The number of hydrogen-bond donors (Lipinski definition) is 0. The molecular weight excluding hydrogens is 331 g/mol. The molecule has 0 bridgehead atoms. The normalized spacial score (nSPS) is 14.2. The van der Waals surface area contributed by atoms with Crippen molar-refractivity contribution in [3.63, 3.8) is 0 Å². The van der Waals surface area contributed by atoms with Crippen LogP contribution < -0.4 is 0 Å². The van der Waals surface area contributed by atoms with E-state index in [1.165, 1.54) is 0 Å². The fraction of sp³-hybridized carbons (Fsp3) is 1.00. The Morgan fingerprint density at radius 3 is 1.70 bits per heavy atom. The van der Waals surface area contributed by atoms with E-state index in [9.17, 15) is 4.57 Å². The molecule has 0 aromatic carbocycles. The van der Waals surface area contributed by atoms with Gasteiger partial charge < -0.3 is 18.2 Å². The Morgan fingerprint density at radius 1 is 0.913 bits per heavy atom. The number of rotatable bonds is 12. The van der Waals surface area contributed by atoms with Gasteiger partial charge in [-0.25, -0.2) is 0 Å². The molecule has 7 heteroatoms. The molecule has 0 N–H and O–H groups in total. The second-order valence-corrected chi connectivity index (χ2v) is 10.1. The van der Waals surface area contributed by atoms with Crippen molar-refractivity contribution < 1.29 is 22.8 Å². The van der Waals surface area contributed by atoms with Crippen molar-refractivity contribution in [2.75, 3.05) is 19.6 Å². The highest BCUT2D eigenvalue weighted by atomic mass is 31.2. The quantitative estimate of drug-likeness (QED) is 0.298. The Labute approximate surface area is 145 Å². The molecule has 0 atom stereocenters. The SMILES string of the molecule is CC(C)C(C)(C)OP(=O)(COCCCO[SiH3])OC(C)(C)C(C)C. The fourth-order valence-electron chi connectivity index (χ4n) is 1.48. The van der Waals surface area contributed by atoms with E-state index in [2.05, 4.69) is 0 Å². The van der Waals surface area contributed by atoms with E-state index in [4.69, 9.17) is 18.2 Å². The predicted molar refractivity (Wildman–Crippen MR) is 98.9 cm³/mol. The van der Waals surface area contributed by atoms with Gasteiger partial charge in [0.25, 0.3) is 0 Å². The van der Waals surface area contributed by atoms with Crippen LogP contribution in [0.25, 0.3) is 0 Å². The molecule has 0 rings (SSSR count). The third kappa shape index (κ3) is 8.80. The van der Waals surface area contributed by atoms with Crippen molar-refractivity contribution in [1.29, 1.82) is 0 Å². The first-order valence-corrected chi connectivity index (χ1v) is 11.0. The summed E-state index contributed by atoms with van der Waals surface area (Å²) in [6, 6.07) is 0. The van der Waals surface area contributed by atoms with Crippen LogP contribution in [-0.4, -0.2) is 41.2 Å². The minimum absolute atomic E-state index is 0.0273. The minimum atomic E-state index is -3.37. The van der Waals surface area contributed by atoms with Crippen LogP contribution in [0.1, 0.15) is 61.8 Å². The highest BCUT2D eigenvalue weighted by molar-refractivity contribution is 7.53. The molecule has 0 aromatic heterocycles. The molecule has 0 amide bonds. The third-order valence-corrected chi connectivity index (χ3v) is 6.82. The molecule has 140 valence electrons. The van der Waals surface area contributed by atoms with Crippen LogP contribution in [0.5, 0.6) is 0 Å². The summed E-state index contributed by atoms with van der Waals surface area (Å²) in [6.45, 7) is 17.1. The zero-order chi connectivity index (χ0) is 18.3. The minimum Gasteiger partial charge on any atom is -0.428 e. The van der Waals surface area contributed by atoms with E-state index in [0.29, 0.717) is 13.2 Å². The average molecular weight is 369 g/mol. The molecule has 0 aromatic rings. The standard InChI is InChI=1S/C16H37O5PSi/c1-13(2)15(5,6)20-22(17,12-18-10-9-11-19-23)21-16(7,8)14(3)4/h13-14H,9-12H2,1-8,23H3. The smallest absolute Gasteiger partial charge is 0.357 e. The molecule has 0 saturated carbocycles. The maximum Gasteiger partial charge on any atom is 0.357 e. The average Bonchev–Trinajstić information content (AvgIpc) is 2.36. The van der Waals surface area contributed by atoms with Crippen LogP contribution in [-0.2, 0) is 22.8 Å². The molecule has 0 unspecified atom stereocenters. The summed E-state index contributed by atoms with van der Waals surface area (Å²) >= 11 is 0. The molecule has 0 saturated heterocycles. The van der Waals surface area contributed by atoms with Gasteiger partial charge in [-0.3, -0.25) is 4.57 Å². The van der Waals surface area contributed by atoms with Crippen molar-refractivity contribution in [2.45, 2.75) is 73.0 Å². The van der Waals surface area contributed by atoms with E-state index in [1.54, 1.807) is 0 Å². The molecular formula is C16H37O5PSi. The van der Waals surface area contributed by atoms with E-state index in [0.717, 1.165) is 16.9 Å². The molecule has 0 radical (unpaired) electrons. The molecule has 0 spiro atoms. The molecule has 0 aliphatic carbocycles. The summed E-state index contributed by atoms with van der Waals surface area (Å²) in [7, 11) is -2.65. The summed E-state index contributed by atoms with van der Waals surface area (Å²) in [5.41, 5.74) is -1.10. The lowest BCUT2D eigenvalue weighted by molar-refractivity contribution is -0.0183. The lowest BCUT2D eigenvalue weighted by atomic mass is 9.95. The maximum absolute atomic E-state index is 13.3. The summed E-state index contributed by atoms with van der Waals surface area (Å²) in [6.07, 6.45) is 0.755. The van der Waals surface area contributed by atoms with Crippen LogP contribution >= 0.6 is 7.60 Å². The third-order valence-electron chi connectivity index (χ3n) is 4.42. The van der Waals surface area contributed by atoms with E-state index >= 15 is 0 Å². The highest BCUT2D eigenvalue weighted by Crippen LogP contribution is 2.56. The van der Waals surface area contributed by atoms with Crippen LogP contribution in [0.4, 0.5) is 0 Å². The van der Waals surface area contributed by atoms with Crippen molar-refractivity contribution in [3.8, 4) is 0 Å². The Bertz CT molecular complexity index is 357. The van der Waals surface area contributed by atoms with Crippen LogP contribution in [0.3, 0.4) is 0 Å². The Hall–Kier alpha value is 0.287. The lowest BCUT2D eigenvalue weighted by Gasteiger charge is -2.38. The van der Waals surface area contributed by atoms with Gasteiger partial charge in [-0.05, 0) is 46.0 Å². The maximum atomic E-state index is 13.3. The van der Waals surface area contributed by atoms with Gasteiger partial charge in [0.05, 0.1) is 11.2 Å². The number of hydrogen-bond acceptors (Lipinski definition) is 5. The van der Waals surface area contributed by atoms with Crippen molar-refractivity contribution in [2.24, 2.45) is 11.8 Å². The van der Waals surface area contributed by atoms with Gasteiger partial charge in [0.15, 0.2) is 0 Å². The first-order chi connectivity index (χ1) is 10.4. The van der Waals surface area contributed by atoms with Crippen molar-refractivity contribution >= 4 is 18.1 Å². The van der Waals surface area contributed by atoms with Gasteiger partial charge in [-0.15, -0.1) is 0 Å². The largest absolute Gasteiger partial charge is 0.428 e. The monoisotopic (exact) mass is 368 g/mol. The topological polar surface area (TPSA) is 54.0 Å². The fourth-order valence-corrected chi connectivity index (χ4v) is 4.12. The molecule has 0 aliphatic heterocycles. The van der Waals surface area contributed by atoms with Gasteiger partial charge in [0, 0.05) is 13.2 Å². The van der Waals surface area contributed by atoms with Crippen LogP contribution in [0.15, 0.2) is 0 Å². The van der Waals surface area contributed by atoms with Crippen molar-refractivity contribution in [1.82, 2.24) is 0 Å². The lowest BCUT2D eigenvalue weighted by Crippen LogP contribution is -2.35. The second kappa shape index (κ2) is 9.69. The summed E-state index contributed by atoms with van der Waals surface area (Å²) in [5, 5.41) is 0. The van der Waals surface area contributed by atoms with Gasteiger partial charge in [0.1, 0.15) is 16.8 Å². The predicted octanol–water partition coefficient (Wildman–Crippen LogP) is 3.74. The van der Waals surface area contributed by atoms with Crippen molar-refractivity contribution in [3.05, 3.63) is 0 Å². The molecule has 5 nitrogen and oxygen atoms in total. The first kappa shape index (κ1) is 23.3. The van der Waals surface area contributed by atoms with Gasteiger partial charge >= 0.3 is 7.60 Å². The highest BCUT2D eigenvalue weighted by Gasteiger charge is 2.41. The Morgan fingerprint density at radius 2 is 1.35 bits per heavy atom. The Balaban J connectivity index is 5.01. The molecule has 0 fully saturated rings. The van der Waals surface area contributed by atoms with Gasteiger partial charge in [0.2, 0.25) is 0 Å². The van der Waals surface area contributed by atoms with E-state index < -0.39 is 18.8 Å². The Kier molecular flexibility index (Phi) is 9.81. The molecule has 23 heavy (non-hydrogen) atoms. The zero-order valence-corrected chi connectivity index (χ0v) is 19.4. The summed E-state index contributed by atoms with van der Waals surface area (Å²) < 4.78 is 35.9. The van der Waals surface area contributed by atoms with Crippen LogP contribution in [0, 0.1) is 11.8 Å². The first-order valence-electron chi connectivity index (χ1n) is 8.43. The summed E-state index contributed by atoms with van der Waals surface area (Å²) in [5.74, 6) is 0.417. The number of ether oxygens (including phenoxy) is 1. The molecule has 0 heterocycles. The van der Waals surface area contributed by atoms with Gasteiger partial charge in [-0.1, -0.05) is 27.7 Å². The molecule has 0 aliphatic rings.